The van der Waals surface area contributed by atoms with Crippen molar-refractivity contribution in [3.63, 3.8) is 0 Å². The van der Waals surface area contributed by atoms with Gasteiger partial charge in [-0.15, -0.1) is 0 Å². The standard InChI is InChI=1S/C42H28.C30H20/c1-5-17-29(18-6-1)37-33-25-13-14-26-34(33)39(31-21-9-3-10-22-31)42-40(32-23-11-4-12-24-32)36-28-16-15-27-35(36)38(41(37)42)30-19-7-2-8-20-30;1-3-11-21(12-4-1)29-25-17-9-10-18-26(25)30(22-13-5-2-6-14-22)28-20-24-16-8-7-15-23(24)19-27(28)29/h1-28H;1-20H. The average Bonchev–Trinajstić information content (AvgIpc) is 3.46. The van der Waals surface area contributed by atoms with Crippen LogP contribution in [-0.4, -0.2) is 0 Å². The van der Waals surface area contributed by atoms with Gasteiger partial charge in [0.05, 0.1) is 0 Å². The summed E-state index contributed by atoms with van der Waals surface area (Å²) >= 11 is 0. The summed E-state index contributed by atoms with van der Waals surface area (Å²) in [4.78, 5) is 0. The highest BCUT2D eigenvalue weighted by atomic mass is 14.3. The van der Waals surface area contributed by atoms with E-state index in [0.29, 0.717) is 0 Å². The zero-order chi connectivity index (χ0) is 47.8. The normalized spacial score (nSPS) is 11.3. The molecular formula is C72H48. The first-order chi connectivity index (χ1) is 35.8. The lowest BCUT2D eigenvalue weighted by Gasteiger charge is -2.25. The molecule has 0 bridgehead atoms. The van der Waals surface area contributed by atoms with Crippen LogP contribution in [0.5, 0.6) is 0 Å². The fourth-order valence-electron chi connectivity index (χ4n) is 11.4. The Bertz CT molecular complexity index is 3820. The summed E-state index contributed by atoms with van der Waals surface area (Å²) in [6, 6.07) is 105. The Morgan fingerprint density at radius 2 is 0.319 bits per heavy atom. The molecule has 72 heavy (non-hydrogen) atoms. The van der Waals surface area contributed by atoms with Crippen molar-refractivity contribution < 1.29 is 0 Å². The molecule has 14 aromatic rings. The van der Waals surface area contributed by atoms with Crippen molar-refractivity contribution in [2.24, 2.45) is 0 Å². The molecule has 0 N–H and O–H groups in total. The molecule has 0 fully saturated rings. The highest BCUT2D eigenvalue weighted by Gasteiger charge is 2.26. The van der Waals surface area contributed by atoms with Crippen molar-refractivity contribution in [2.75, 3.05) is 0 Å². The minimum absolute atomic E-state index is 1.23. The lowest BCUT2D eigenvalue weighted by atomic mass is 9.77. The number of fused-ring (bicyclic) bond motifs is 6. The molecule has 336 valence electrons. The van der Waals surface area contributed by atoms with E-state index in [1.807, 2.05) is 0 Å². The highest BCUT2D eigenvalue weighted by Crippen LogP contribution is 2.53. The lowest BCUT2D eigenvalue weighted by Crippen LogP contribution is -1.97. The molecular weight excluding hydrogens is 865 g/mol. The van der Waals surface area contributed by atoms with E-state index < -0.39 is 0 Å². The van der Waals surface area contributed by atoms with Gasteiger partial charge in [0.1, 0.15) is 0 Å². The van der Waals surface area contributed by atoms with Crippen LogP contribution < -0.4 is 0 Å². The van der Waals surface area contributed by atoms with Crippen LogP contribution in [0.25, 0.3) is 131 Å². The second-order valence-electron chi connectivity index (χ2n) is 18.6. The molecule has 0 heterocycles. The van der Waals surface area contributed by atoms with Crippen molar-refractivity contribution in [1.82, 2.24) is 0 Å². The SMILES string of the molecule is c1ccc(-c2c3ccccc3c(-c3ccccc3)c3c(-c4ccccc4)c4ccccc4c(-c4ccccc4)c23)cc1.c1ccc(-c2c3ccccc3c(-c3ccccc3)c3cc4ccccc4cc23)cc1. The Morgan fingerprint density at radius 1 is 0.139 bits per heavy atom. The molecule has 14 aromatic carbocycles. The van der Waals surface area contributed by atoms with Crippen LogP contribution in [0.1, 0.15) is 0 Å². The van der Waals surface area contributed by atoms with Crippen LogP contribution in [0.3, 0.4) is 0 Å². The van der Waals surface area contributed by atoms with Crippen LogP contribution in [-0.2, 0) is 0 Å². The second kappa shape index (κ2) is 18.5. The summed E-state index contributed by atoms with van der Waals surface area (Å²) in [6.07, 6.45) is 0. The third-order valence-corrected chi connectivity index (χ3v) is 14.4. The molecule has 0 unspecified atom stereocenters. The summed E-state index contributed by atoms with van der Waals surface area (Å²) < 4.78 is 0. The number of benzene rings is 14. The quantitative estimate of drug-likeness (QED) is 0.146. The highest BCUT2D eigenvalue weighted by molar-refractivity contribution is 6.34. The van der Waals surface area contributed by atoms with Gasteiger partial charge in [0.15, 0.2) is 0 Å². The van der Waals surface area contributed by atoms with Gasteiger partial charge in [-0.1, -0.05) is 279 Å². The van der Waals surface area contributed by atoms with Crippen molar-refractivity contribution in [1.29, 1.82) is 0 Å². The zero-order valence-corrected chi connectivity index (χ0v) is 39.7. The molecule has 0 aliphatic heterocycles. The van der Waals surface area contributed by atoms with Gasteiger partial charge in [-0.3, -0.25) is 0 Å². The summed E-state index contributed by atoms with van der Waals surface area (Å²) in [5, 5.41) is 15.4. The predicted molar refractivity (Wildman–Crippen MR) is 311 cm³/mol. The van der Waals surface area contributed by atoms with E-state index in [-0.39, 0.29) is 0 Å². The molecule has 0 aliphatic rings. The molecule has 0 saturated heterocycles. The van der Waals surface area contributed by atoms with Crippen LogP contribution >= 0.6 is 0 Å². The summed E-state index contributed by atoms with van der Waals surface area (Å²) in [6.45, 7) is 0. The van der Waals surface area contributed by atoms with Crippen molar-refractivity contribution in [3.05, 3.63) is 291 Å². The van der Waals surface area contributed by atoms with Gasteiger partial charge in [0.25, 0.3) is 0 Å². The van der Waals surface area contributed by atoms with Gasteiger partial charge in [0, 0.05) is 0 Å². The van der Waals surface area contributed by atoms with Gasteiger partial charge in [-0.2, -0.15) is 0 Å². The Hall–Kier alpha value is -9.36. The van der Waals surface area contributed by atoms with Crippen molar-refractivity contribution >= 4 is 64.6 Å². The molecule has 0 spiro atoms. The smallest absolute Gasteiger partial charge is 0.000139 e. The fourth-order valence-corrected chi connectivity index (χ4v) is 11.4. The van der Waals surface area contributed by atoms with Gasteiger partial charge in [0.2, 0.25) is 0 Å². The minimum atomic E-state index is 1.23. The van der Waals surface area contributed by atoms with Crippen molar-refractivity contribution in [3.8, 4) is 66.8 Å². The number of rotatable bonds is 6. The van der Waals surface area contributed by atoms with E-state index in [1.165, 1.54) is 131 Å². The Morgan fingerprint density at radius 3 is 0.556 bits per heavy atom. The molecule has 0 heteroatoms. The van der Waals surface area contributed by atoms with Crippen LogP contribution in [0.15, 0.2) is 291 Å². The van der Waals surface area contributed by atoms with Gasteiger partial charge >= 0.3 is 0 Å². The first-order valence-corrected chi connectivity index (χ1v) is 24.9. The summed E-state index contributed by atoms with van der Waals surface area (Å²) in [5.74, 6) is 0. The topological polar surface area (TPSA) is 0 Å². The van der Waals surface area contributed by atoms with E-state index in [0.717, 1.165) is 0 Å². The first kappa shape index (κ1) is 42.7. The first-order valence-electron chi connectivity index (χ1n) is 24.9. The fraction of sp³-hybridized carbons (Fsp3) is 0. The maximum atomic E-state index is 2.37. The average molecular weight is 913 g/mol. The Kier molecular flexibility index (Phi) is 11.0. The number of hydrogen-bond donors (Lipinski definition) is 0. The largest absolute Gasteiger partial charge is 0.0622 e. The summed E-state index contributed by atoms with van der Waals surface area (Å²) in [7, 11) is 0. The van der Waals surface area contributed by atoms with Gasteiger partial charge in [-0.05, 0) is 144 Å². The van der Waals surface area contributed by atoms with E-state index in [2.05, 4.69) is 291 Å². The minimum Gasteiger partial charge on any atom is -0.0622 e. The maximum Gasteiger partial charge on any atom is -0.000139 e. The number of hydrogen-bond acceptors (Lipinski definition) is 0. The molecule has 0 nitrogen and oxygen atoms in total. The zero-order valence-electron chi connectivity index (χ0n) is 39.7. The van der Waals surface area contributed by atoms with E-state index in [1.54, 1.807) is 0 Å². The van der Waals surface area contributed by atoms with E-state index in [9.17, 15) is 0 Å². The third kappa shape index (κ3) is 7.41. The second-order valence-corrected chi connectivity index (χ2v) is 18.6. The Balaban J connectivity index is 0.000000148. The van der Waals surface area contributed by atoms with Crippen LogP contribution in [0.4, 0.5) is 0 Å². The van der Waals surface area contributed by atoms with Crippen LogP contribution in [0.2, 0.25) is 0 Å². The summed E-state index contributed by atoms with van der Waals surface area (Å²) in [5.41, 5.74) is 15.2. The van der Waals surface area contributed by atoms with Crippen LogP contribution in [0, 0.1) is 0 Å². The predicted octanol–water partition coefficient (Wildman–Crippen LogP) is 20.3. The lowest BCUT2D eigenvalue weighted by molar-refractivity contribution is 1.63. The molecule has 0 aromatic heterocycles. The molecule has 0 atom stereocenters. The monoisotopic (exact) mass is 912 g/mol. The van der Waals surface area contributed by atoms with E-state index in [4.69, 9.17) is 0 Å². The van der Waals surface area contributed by atoms with E-state index >= 15 is 0 Å². The van der Waals surface area contributed by atoms with Gasteiger partial charge < -0.3 is 0 Å². The van der Waals surface area contributed by atoms with Crippen molar-refractivity contribution in [2.45, 2.75) is 0 Å². The molecule has 0 amide bonds. The molecule has 0 radical (unpaired) electrons. The van der Waals surface area contributed by atoms with Gasteiger partial charge in [-0.25, -0.2) is 0 Å². The molecule has 0 aliphatic carbocycles. The maximum absolute atomic E-state index is 2.37. The molecule has 14 rings (SSSR count). The molecule has 0 saturated carbocycles. The Labute approximate surface area is 420 Å². The third-order valence-electron chi connectivity index (χ3n) is 14.4.